The molecule has 2 aromatic carbocycles. The van der Waals surface area contributed by atoms with E-state index in [0.717, 1.165) is 24.8 Å². The number of hydrogen-bond acceptors (Lipinski definition) is 8. The van der Waals surface area contributed by atoms with Gasteiger partial charge in [-0.25, -0.2) is 18.7 Å². The Balaban J connectivity index is 0.972. The quantitative estimate of drug-likeness (QED) is 0.114. The van der Waals surface area contributed by atoms with Crippen LogP contribution < -0.4 is 27.0 Å². The first kappa shape index (κ1) is 33.6. The number of piperidine rings is 1. The summed E-state index contributed by atoms with van der Waals surface area (Å²) in [6.07, 6.45) is 3.73. The van der Waals surface area contributed by atoms with Crippen molar-refractivity contribution in [2.24, 2.45) is 13.0 Å². The smallest absolute Gasteiger partial charge is 0.329 e. The third-order valence-corrected chi connectivity index (χ3v) is 9.60. The molecule has 4 heterocycles. The third-order valence-electron chi connectivity index (χ3n) is 9.60. The maximum absolute atomic E-state index is 13.3. The van der Waals surface area contributed by atoms with Crippen molar-refractivity contribution in [3.8, 4) is 11.3 Å². The van der Waals surface area contributed by atoms with Gasteiger partial charge in [0.05, 0.1) is 28.6 Å². The molecule has 1 aliphatic carbocycles. The molecule has 1 saturated heterocycles. The minimum Gasteiger partial charge on any atom is -0.385 e. The van der Waals surface area contributed by atoms with Gasteiger partial charge in [0, 0.05) is 50.7 Å². The maximum atomic E-state index is 13.3. The number of carbonyl (C=O) groups is 4. The predicted molar refractivity (Wildman–Crippen MR) is 187 cm³/mol. The van der Waals surface area contributed by atoms with E-state index in [-0.39, 0.29) is 48.5 Å². The molecule has 5 aromatic rings. The molecule has 3 aromatic heterocycles. The summed E-state index contributed by atoms with van der Waals surface area (Å²) in [6.45, 7) is 0.713. The van der Waals surface area contributed by atoms with Gasteiger partial charge in [-0.05, 0) is 68.0 Å². The number of benzene rings is 2. The zero-order valence-electron chi connectivity index (χ0n) is 28.2. The lowest BCUT2D eigenvalue weighted by Gasteiger charge is -2.21. The number of amides is 4. The summed E-state index contributed by atoms with van der Waals surface area (Å²) in [5.74, 6) is -1.57. The van der Waals surface area contributed by atoms with E-state index in [1.54, 1.807) is 38.4 Å². The number of hydrogen-bond donors (Lipinski definition) is 4. The number of rotatable bonds is 12. The van der Waals surface area contributed by atoms with Crippen molar-refractivity contribution >= 4 is 46.0 Å². The number of unbranched alkanes of at least 4 members (excludes halogenated alkanes) is 1. The van der Waals surface area contributed by atoms with Crippen LogP contribution in [0.25, 0.3) is 27.9 Å². The Kier molecular flexibility index (Phi) is 9.10. The van der Waals surface area contributed by atoms with Crippen molar-refractivity contribution in [1.82, 2.24) is 39.7 Å². The molecule has 7 rings (SSSR count). The second-order valence-corrected chi connectivity index (χ2v) is 13.1. The normalized spacial score (nSPS) is 18.5. The number of halogens is 1. The fraction of sp³-hybridized carbons (Fsp3) is 0.361. The average molecular weight is 696 g/mol. The predicted octanol–water partition coefficient (Wildman–Crippen LogP) is 2.91. The van der Waals surface area contributed by atoms with Crippen LogP contribution in [0, 0.1) is 5.92 Å². The van der Waals surface area contributed by atoms with E-state index in [2.05, 4.69) is 31.3 Å². The lowest BCUT2D eigenvalue weighted by Crippen LogP contribution is -2.44. The number of fused-ring (bicyclic) bond motifs is 2. The van der Waals surface area contributed by atoms with E-state index in [4.69, 9.17) is 0 Å². The lowest BCUT2D eigenvalue weighted by molar-refractivity contribution is -0.135. The number of nitrogens with one attached hydrogen (secondary N) is 4. The van der Waals surface area contributed by atoms with Crippen LogP contribution in [0.3, 0.4) is 0 Å². The number of aryl methyl sites for hydroxylation is 2. The summed E-state index contributed by atoms with van der Waals surface area (Å²) in [5.41, 5.74) is 5.07. The lowest BCUT2D eigenvalue weighted by atomic mass is 10.0. The number of imide groups is 1. The van der Waals surface area contributed by atoms with E-state index in [9.17, 15) is 28.4 Å². The zero-order chi connectivity index (χ0) is 35.8. The largest absolute Gasteiger partial charge is 0.385 e. The number of anilines is 1. The number of carbonyl (C=O) groups excluding carboxylic acids is 4. The molecule has 4 amide bonds. The van der Waals surface area contributed by atoms with Crippen LogP contribution >= 0.6 is 0 Å². The SMILES string of the molecule is CNc1cc(-c2cccc(C(=O)NCCCCc3ccc4c(c3)n(C)c(=O)n4C3CCC(=O)NC3=O)c2)nn2c(C(=O)NC[C@@H]3C[C@@H]3F)cnc12. The van der Waals surface area contributed by atoms with Gasteiger partial charge in [-0.3, -0.25) is 33.6 Å². The van der Waals surface area contributed by atoms with Crippen molar-refractivity contribution in [2.75, 3.05) is 25.5 Å². The van der Waals surface area contributed by atoms with Crippen LogP contribution in [0.4, 0.5) is 10.1 Å². The monoisotopic (exact) mass is 695 g/mol. The molecule has 15 heteroatoms. The molecule has 51 heavy (non-hydrogen) atoms. The van der Waals surface area contributed by atoms with Crippen molar-refractivity contribution in [3.05, 3.63) is 82.0 Å². The second-order valence-electron chi connectivity index (χ2n) is 13.1. The van der Waals surface area contributed by atoms with E-state index in [1.165, 1.54) is 19.8 Å². The van der Waals surface area contributed by atoms with E-state index in [1.807, 2.05) is 24.3 Å². The van der Waals surface area contributed by atoms with Crippen LogP contribution in [-0.4, -0.2) is 73.7 Å². The molecule has 2 fully saturated rings. The second kappa shape index (κ2) is 13.8. The molecular formula is C36H38FN9O5. The molecule has 3 atom stereocenters. The van der Waals surface area contributed by atoms with Gasteiger partial charge in [-0.15, -0.1) is 0 Å². The van der Waals surface area contributed by atoms with Crippen LogP contribution in [0.1, 0.15) is 64.6 Å². The van der Waals surface area contributed by atoms with E-state index >= 15 is 0 Å². The summed E-state index contributed by atoms with van der Waals surface area (Å²) in [5, 5.41) is 15.8. The van der Waals surface area contributed by atoms with Crippen molar-refractivity contribution in [1.29, 1.82) is 0 Å². The highest BCUT2D eigenvalue weighted by molar-refractivity contribution is 6.00. The van der Waals surface area contributed by atoms with Gasteiger partial charge < -0.3 is 16.0 Å². The van der Waals surface area contributed by atoms with Gasteiger partial charge in [0.15, 0.2) is 11.3 Å². The molecule has 4 N–H and O–H groups in total. The summed E-state index contributed by atoms with van der Waals surface area (Å²) < 4.78 is 17.7. The van der Waals surface area contributed by atoms with Gasteiger partial charge in [0.25, 0.3) is 11.8 Å². The standard InChI is InChI=1S/C36H38FN9O5/c1-38-26-17-25(43-46-30(19-40-32(26)46)34(49)41-18-23-16-24(23)37)21-7-5-8-22(15-21)33(48)39-13-4-3-6-20-9-10-27-29(14-20)44(2)36(51)45(27)28-11-12-31(47)42-35(28)50/h5,7-10,14-15,17,19,23-24,28,38H,3-4,6,11-13,16,18H2,1-2H3,(H,39,48)(H,41,49)(H,42,47,50)/t23-,24-,28?/m0/s1. The highest BCUT2D eigenvalue weighted by Crippen LogP contribution is 2.33. The molecule has 0 spiro atoms. The molecule has 1 aliphatic heterocycles. The summed E-state index contributed by atoms with van der Waals surface area (Å²) in [7, 11) is 3.41. The van der Waals surface area contributed by atoms with Crippen LogP contribution in [0.15, 0.2) is 59.5 Å². The van der Waals surface area contributed by atoms with Gasteiger partial charge in [0.1, 0.15) is 12.2 Å². The Hall–Kier alpha value is -5.86. The molecule has 0 bridgehead atoms. The van der Waals surface area contributed by atoms with Gasteiger partial charge in [0.2, 0.25) is 11.8 Å². The minimum absolute atomic E-state index is 0.153. The molecule has 1 unspecified atom stereocenters. The van der Waals surface area contributed by atoms with Crippen LogP contribution in [0.2, 0.25) is 0 Å². The zero-order valence-corrected chi connectivity index (χ0v) is 28.2. The first-order valence-electron chi connectivity index (χ1n) is 17.0. The Morgan fingerprint density at radius 3 is 2.61 bits per heavy atom. The van der Waals surface area contributed by atoms with Crippen molar-refractivity contribution in [3.63, 3.8) is 0 Å². The molecular weight excluding hydrogens is 657 g/mol. The summed E-state index contributed by atoms with van der Waals surface area (Å²) in [6, 6.07) is 13.9. The first-order chi connectivity index (χ1) is 24.6. The number of alkyl halides is 1. The Morgan fingerprint density at radius 2 is 1.84 bits per heavy atom. The molecule has 264 valence electrons. The maximum Gasteiger partial charge on any atom is 0.329 e. The van der Waals surface area contributed by atoms with Crippen LogP contribution in [0.5, 0.6) is 0 Å². The molecule has 14 nitrogen and oxygen atoms in total. The van der Waals surface area contributed by atoms with Gasteiger partial charge in [-0.1, -0.05) is 18.2 Å². The fourth-order valence-corrected chi connectivity index (χ4v) is 6.56. The van der Waals surface area contributed by atoms with Gasteiger partial charge in [-0.2, -0.15) is 5.10 Å². The van der Waals surface area contributed by atoms with E-state index in [0.29, 0.717) is 52.2 Å². The van der Waals surface area contributed by atoms with Crippen molar-refractivity contribution < 1.29 is 23.6 Å². The number of aromatic nitrogens is 5. The Labute approximate surface area is 291 Å². The Bertz CT molecular complexity index is 2260. The molecule has 1 saturated carbocycles. The third kappa shape index (κ3) is 6.70. The first-order valence-corrected chi connectivity index (χ1v) is 17.0. The minimum atomic E-state index is -0.868. The molecule has 2 aliphatic rings. The number of imidazole rings is 2. The summed E-state index contributed by atoms with van der Waals surface area (Å²) in [4.78, 5) is 67.5. The molecule has 0 radical (unpaired) electrons. The number of nitrogens with zero attached hydrogens (tertiary/aromatic N) is 5. The van der Waals surface area contributed by atoms with Gasteiger partial charge >= 0.3 is 5.69 Å². The van der Waals surface area contributed by atoms with Crippen molar-refractivity contribution in [2.45, 2.75) is 50.7 Å². The Morgan fingerprint density at radius 1 is 1.02 bits per heavy atom. The summed E-state index contributed by atoms with van der Waals surface area (Å²) >= 11 is 0. The van der Waals surface area contributed by atoms with E-state index < -0.39 is 24.0 Å². The topological polar surface area (TPSA) is 174 Å². The fourth-order valence-electron chi connectivity index (χ4n) is 6.56. The van der Waals surface area contributed by atoms with Crippen LogP contribution in [-0.2, 0) is 23.1 Å². The average Bonchev–Trinajstić information content (AvgIpc) is 3.57. The highest BCUT2D eigenvalue weighted by atomic mass is 19.1. The highest BCUT2D eigenvalue weighted by Gasteiger charge is 2.37.